The lowest BCUT2D eigenvalue weighted by Crippen LogP contribution is -2.01. The van der Waals surface area contributed by atoms with E-state index in [-0.39, 0.29) is 16.5 Å². The Bertz CT molecular complexity index is 1060. The van der Waals surface area contributed by atoms with Crippen LogP contribution in [0.4, 0.5) is 5.69 Å². The predicted molar refractivity (Wildman–Crippen MR) is 105 cm³/mol. The molecule has 0 radical (unpaired) electrons. The zero-order chi connectivity index (χ0) is 19.6. The minimum absolute atomic E-state index is 0.0549. The maximum atomic E-state index is 12.7. The second kappa shape index (κ2) is 7.55. The number of hydrogen-bond acceptors (Lipinski definition) is 4. The molecule has 3 rings (SSSR count). The van der Waals surface area contributed by atoms with Crippen LogP contribution < -0.4 is 0 Å². The van der Waals surface area contributed by atoms with Gasteiger partial charge in [-0.2, -0.15) is 5.10 Å². The molecule has 0 amide bonds. The van der Waals surface area contributed by atoms with Gasteiger partial charge in [-0.15, -0.1) is 0 Å². The van der Waals surface area contributed by atoms with Crippen molar-refractivity contribution in [2.75, 3.05) is 0 Å². The molecule has 0 aliphatic rings. The van der Waals surface area contributed by atoms with Gasteiger partial charge in [0.2, 0.25) is 0 Å². The summed E-state index contributed by atoms with van der Waals surface area (Å²) in [4.78, 5) is 23.1. The Morgan fingerprint density at radius 3 is 2.56 bits per heavy atom. The van der Waals surface area contributed by atoms with Crippen molar-refractivity contribution in [2.24, 2.45) is 0 Å². The molecule has 0 saturated carbocycles. The van der Waals surface area contributed by atoms with Crippen molar-refractivity contribution in [1.82, 2.24) is 9.78 Å². The number of para-hydroxylation sites is 1. The molecule has 0 unspecified atom stereocenters. The standard InChI is InChI=1S/C20H16ClN3O3/c1-13-20(14(2)23(22-13)16-6-4-3-5-7-16)19(25)11-9-15-8-10-17(21)18(12-15)24(26)27/h3-12H,1-2H3. The topological polar surface area (TPSA) is 78.0 Å². The van der Waals surface area contributed by atoms with Crippen LogP contribution in [-0.2, 0) is 0 Å². The molecular formula is C20H16ClN3O3. The van der Waals surface area contributed by atoms with E-state index in [0.717, 1.165) is 11.4 Å². The molecule has 0 N–H and O–H groups in total. The van der Waals surface area contributed by atoms with Gasteiger partial charge in [-0.1, -0.05) is 41.9 Å². The number of ketones is 1. The predicted octanol–water partition coefficient (Wildman–Crippen LogP) is 4.95. The molecule has 136 valence electrons. The number of aromatic nitrogens is 2. The molecule has 3 aromatic rings. The van der Waals surface area contributed by atoms with Crippen LogP contribution in [-0.4, -0.2) is 20.5 Å². The van der Waals surface area contributed by atoms with Gasteiger partial charge in [0.05, 0.1) is 27.6 Å². The van der Waals surface area contributed by atoms with Gasteiger partial charge in [-0.05, 0) is 43.7 Å². The van der Waals surface area contributed by atoms with Gasteiger partial charge in [0.25, 0.3) is 5.69 Å². The molecule has 0 aliphatic heterocycles. The van der Waals surface area contributed by atoms with Crippen LogP contribution in [0.3, 0.4) is 0 Å². The molecule has 7 heteroatoms. The van der Waals surface area contributed by atoms with Crippen LogP contribution in [0.2, 0.25) is 5.02 Å². The van der Waals surface area contributed by atoms with E-state index >= 15 is 0 Å². The average molecular weight is 382 g/mol. The van der Waals surface area contributed by atoms with E-state index in [9.17, 15) is 14.9 Å². The summed E-state index contributed by atoms with van der Waals surface area (Å²) in [5.74, 6) is -0.218. The third-order valence-electron chi connectivity index (χ3n) is 4.13. The van der Waals surface area contributed by atoms with Crippen molar-refractivity contribution < 1.29 is 9.72 Å². The summed E-state index contributed by atoms with van der Waals surface area (Å²) in [6.45, 7) is 3.61. The summed E-state index contributed by atoms with van der Waals surface area (Å²) >= 11 is 5.81. The first kappa shape index (κ1) is 18.5. The van der Waals surface area contributed by atoms with Gasteiger partial charge in [0, 0.05) is 6.07 Å². The number of nitro groups is 1. The quantitative estimate of drug-likeness (QED) is 0.271. The minimum atomic E-state index is -0.556. The maximum absolute atomic E-state index is 12.7. The van der Waals surface area contributed by atoms with E-state index in [4.69, 9.17) is 11.6 Å². The van der Waals surface area contributed by atoms with Crippen LogP contribution in [0.15, 0.2) is 54.6 Å². The highest BCUT2D eigenvalue weighted by atomic mass is 35.5. The Balaban J connectivity index is 1.91. The van der Waals surface area contributed by atoms with Crippen LogP contribution in [0, 0.1) is 24.0 Å². The zero-order valence-electron chi connectivity index (χ0n) is 14.7. The first-order valence-electron chi connectivity index (χ1n) is 8.16. The Morgan fingerprint density at radius 2 is 1.89 bits per heavy atom. The third-order valence-corrected chi connectivity index (χ3v) is 4.45. The van der Waals surface area contributed by atoms with E-state index in [2.05, 4.69) is 5.10 Å². The highest BCUT2D eigenvalue weighted by Crippen LogP contribution is 2.26. The van der Waals surface area contributed by atoms with Crippen molar-refractivity contribution in [3.8, 4) is 5.69 Å². The van der Waals surface area contributed by atoms with Crippen molar-refractivity contribution >= 4 is 29.1 Å². The lowest BCUT2D eigenvalue weighted by Gasteiger charge is -2.04. The first-order valence-corrected chi connectivity index (χ1v) is 8.54. The molecular weight excluding hydrogens is 366 g/mol. The fraction of sp³-hybridized carbons (Fsp3) is 0.100. The SMILES string of the molecule is Cc1nn(-c2ccccc2)c(C)c1C(=O)C=Cc1ccc(Cl)c([N+](=O)[O-])c1. The molecule has 0 saturated heterocycles. The lowest BCUT2D eigenvalue weighted by atomic mass is 10.1. The Morgan fingerprint density at radius 1 is 1.19 bits per heavy atom. The lowest BCUT2D eigenvalue weighted by molar-refractivity contribution is -0.384. The molecule has 1 aromatic heterocycles. The van der Waals surface area contributed by atoms with Gasteiger partial charge in [0.15, 0.2) is 5.78 Å². The first-order chi connectivity index (χ1) is 12.9. The number of benzene rings is 2. The van der Waals surface area contributed by atoms with E-state index in [1.165, 1.54) is 24.3 Å². The number of carbonyl (C=O) groups excluding carboxylic acids is 1. The molecule has 6 nitrogen and oxygen atoms in total. The zero-order valence-corrected chi connectivity index (χ0v) is 15.5. The van der Waals surface area contributed by atoms with Crippen LogP contribution >= 0.6 is 11.6 Å². The second-order valence-corrected chi connectivity index (χ2v) is 6.37. The summed E-state index contributed by atoms with van der Waals surface area (Å²) in [6.07, 6.45) is 2.92. The van der Waals surface area contributed by atoms with Gasteiger partial charge >= 0.3 is 0 Å². The van der Waals surface area contributed by atoms with E-state index < -0.39 is 4.92 Å². The number of nitro benzene ring substituents is 1. The second-order valence-electron chi connectivity index (χ2n) is 5.96. The smallest absolute Gasteiger partial charge is 0.288 e. The molecule has 0 atom stereocenters. The Kier molecular flexibility index (Phi) is 5.19. The Hall–Kier alpha value is -3.25. The van der Waals surface area contributed by atoms with E-state index in [0.29, 0.717) is 16.8 Å². The fourth-order valence-corrected chi connectivity index (χ4v) is 3.03. The molecule has 0 aliphatic carbocycles. The van der Waals surface area contributed by atoms with Crippen LogP contribution in [0.1, 0.15) is 27.3 Å². The van der Waals surface area contributed by atoms with Gasteiger partial charge in [0.1, 0.15) is 5.02 Å². The molecule has 0 fully saturated rings. The van der Waals surface area contributed by atoms with E-state index in [1.807, 2.05) is 37.3 Å². The normalized spacial score (nSPS) is 11.1. The summed E-state index contributed by atoms with van der Waals surface area (Å²) in [6, 6.07) is 13.9. The summed E-state index contributed by atoms with van der Waals surface area (Å²) in [5, 5.41) is 15.5. The van der Waals surface area contributed by atoms with Crippen molar-refractivity contribution in [3.63, 3.8) is 0 Å². The number of carbonyl (C=O) groups is 1. The third kappa shape index (κ3) is 3.80. The number of allylic oxidation sites excluding steroid dienone is 1. The summed E-state index contributed by atoms with van der Waals surface area (Å²) < 4.78 is 1.73. The molecule has 0 spiro atoms. The number of halogens is 1. The monoisotopic (exact) mass is 381 g/mol. The molecule has 27 heavy (non-hydrogen) atoms. The van der Waals surface area contributed by atoms with Crippen molar-refractivity contribution in [2.45, 2.75) is 13.8 Å². The minimum Gasteiger partial charge on any atom is -0.289 e. The largest absolute Gasteiger partial charge is 0.289 e. The molecule has 1 heterocycles. The van der Waals surface area contributed by atoms with Crippen LogP contribution in [0.25, 0.3) is 11.8 Å². The van der Waals surface area contributed by atoms with Crippen molar-refractivity contribution in [3.05, 3.63) is 92.3 Å². The number of hydrogen-bond donors (Lipinski definition) is 0. The number of rotatable bonds is 5. The number of nitrogens with zero attached hydrogens (tertiary/aromatic N) is 3. The maximum Gasteiger partial charge on any atom is 0.288 e. The van der Waals surface area contributed by atoms with Crippen molar-refractivity contribution in [1.29, 1.82) is 0 Å². The number of aryl methyl sites for hydroxylation is 1. The summed E-state index contributed by atoms with van der Waals surface area (Å²) in [7, 11) is 0. The molecule has 0 bridgehead atoms. The Labute approximate surface area is 160 Å². The summed E-state index contributed by atoms with van der Waals surface area (Å²) in [5.41, 5.74) is 3.05. The van der Waals surface area contributed by atoms with Gasteiger partial charge in [-0.3, -0.25) is 14.9 Å². The van der Waals surface area contributed by atoms with E-state index in [1.54, 1.807) is 17.7 Å². The van der Waals surface area contributed by atoms with Crippen LogP contribution in [0.5, 0.6) is 0 Å². The molecule has 2 aromatic carbocycles. The average Bonchev–Trinajstić information content (AvgIpc) is 2.95. The van der Waals surface area contributed by atoms with Gasteiger partial charge in [-0.25, -0.2) is 4.68 Å². The fourth-order valence-electron chi connectivity index (χ4n) is 2.85. The van der Waals surface area contributed by atoms with Gasteiger partial charge < -0.3 is 0 Å². The highest BCUT2D eigenvalue weighted by Gasteiger charge is 2.18. The highest BCUT2D eigenvalue weighted by molar-refractivity contribution is 6.32.